The number of rotatable bonds is 3. The van der Waals surface area contributed by atoms with Crippen molar-refractivity contribution < 1.29 is 4.79 Å². The van der Waals surface area contributed by atoms with E-state index in [0.717, 1.165) is 17.7 Å². The van der Waals surface area contributed by atoms with E-state index >= 15 is 0 Å². The summed E-state index contributed by atoms with van der Waals surface area (Å²) < 4.78 is 0. The zero-order valence-electron chi connectivity index (χ0n) is 9.77. The van der Waals surface area contributed by atoms with Gasteiger partial charge in [0.25, 0.3) is 0 Å². The van der Waals surface area contributed by atoms with Gasteiger partial charge in [-0.15, -0.1) is 11.3 Å². The van der Waals surface area contributed by atoms with E-state index in [1.165, 1.54) is 16.0 Å². The van der Waals surface area contributed by atoms with Crippen LogP contribution in [0.2, 0.25) is 0 Å². The lowest BCUT2D eigenvalue weighted by molar-refractivity contribution is 0.0971. The summed E-state index contributed by atoms with van der Waals surface area (Å²) in [5, 5.41) is 0. The summed E-state index contributed by atoms with van der Waals surface area (Å²) in [6, 6.07) is 12.5. The first-order valence-electron chi connectivity index (χ1n) is 5.95. The van der Waals surface area contributed by atoms with E-state index in [1.54, 1.807) is 11.3 Å². The van der Waals surface area contributed by atoms with Crippen LogP contribution in [0.4, 0.5) is 0 Å². The molecule has 3 rings (SSSR count). The van der Waals surface area contributed by atoms with Gasteiger partial charge in [-0.25, -0.2) is 0 Å². The maximum atomic E-state index is 11.9. The Labute approximate surface area is 105 Å². The average Bonchev–Trinajstić information content (AvgIpc) is 3.05. The van der Waals surface area contributed by atoms with Crippen molar-refractivity contribution in [1.82, 2.24) is 0 Å². The first-order valence-corrected chi connectivity index (χ1v) is 6.77. The molecule has 2 aromatic rings. The molecule has 0 saturated heterocycles. The van der Waals surface area contributed by atoms with Crippen LogP contribution in [0.25, 0.3) is 10.4 Å². The van der Waals surface area contributed by atoms with Crippen LogP contribution < -0.4 is 0 Å². The monoisotopic (exact) mass is 242 g/mol. The van der Waals surface area contributed by atoms with Crippen molar-refractivity contribution in [2.45, 2.75) is 19.8 Å². The van der Waals surface area contributed by atoms with E-state index in [1.807, 2.05) is 6.07 Å². The Morgan fingerprint density at radius 2 is 2.06 bits per heavy atom. The molecule has 86 valence electrons. The van der Waals surface area contributed by atoms with Crippen molar-refractivity contribution >= 4 is 17.1 Å². The van der Waals surface area contributed by atoms with Crippen LogP contribution in [0.5, 0.6) is 0 Å². The average molecular weight is 242 g/mol. The van der Waals surface area contributed by atoms with Crippen LogP contribution in [-0.4, -0.2) is 5.78 Å². The van der Waals surface area contributed by atoms with Crippen LogP contribution in [0, 0.1) is 12.8 Å². The summed E-state index contributed by atoms with van der Waals surface area (Å²) in [7, 11) is 0. The number of aryl methyl sites for hydroxylation is 1. The smallest absolute Gasteiger partial charge is 0.175 e. The van der Waals surface area contributed by atoms with Crippen LogP contribution in [-0.2, 0) is 0 Å². The highest BCUT2D eigenvalue weighted by Gasteiger charge is 2.31. The summed E-state index contributed by atoms with van der Waals surface area (Å²) in [6.07, 6.45) is 2.16. The van der Waals surface area contributed by atoms with E-state index in [0.29, 0.717) is 11.7 Å². The second kappa shape index (κ2) is 4.11. The van der Waals surface area contributed by atoms with E-state index in [2.05, 4.69) is 37.3 Å². The molecule has 1 saturated carbocycles. The quantitative estimate of drug-likeness (QED) is 0.733. The number of ketones is 1. The van der Waals surface area contributed by atoms with E-state index in [9.17, 15) is 4.79 Å². The van der Waals surface area contributed by atoms with Gasteiger partial charge in [-0.3, -0.25) is 4.79 Å². The molecule has 0 unspecified atom stereocenters. The Kier molecular flexibility index (Phi) is 2.60. The first kappa shape index (κ1) is 10.7. The van der Waals surface area contributed by atoms with Crippen molar-refractivity contribution in [2.75, 3.05) is 0 Å². The van der Waals surface area contributed by atoms with Gasteiger partial charge in [-0.2, -0.15) is 0 Å². The molecule has 1 aromatic heterocycles. The van der Waals surface area contributed by atoms with Crippen molar-refractivity contribution in [3.63, 3.8) is 0 Å². The normalized spacial score (nSPS) is 14.9. The van der Waals surface area contributed by atoms with Gasteiger partial charge in [0.2, 0.25) is 0 Å². The van der Waals surface area contributed by atoms with Crippen LogP contribution in [0.1, 0.15) is 28.1 Å². The highest BCUT2D eigenvalue weighted by atomic mass is 32.1. The molecule has 0 radical (unpaired) electrons. The van der Waals surface area contributed by atoms with Crippen LogP contribution >= 0.6 is 11.3 Å². The SMILES string of the molecule is Cc1cccc(-c2ccc(C(=O)C3CC3)s2)c1. The minimum absolute atomic E-state index is 0.319. The molecule has 1 nitrogen and oxygen atoms in total. The van der Waals surface area contributed by atoms with Gasteiger partial charge >= 0.3 is 0 Å². The van der Waals surface area contributed by atoms with Crippen molar-refractivity contribution in [3.8, 4) is 10.4 Å². The van der Waals surface area contributed by atoms with Crippen molar-refractivity contribution in [2.24, 2.45) is 5.92 Å². The maximum absolute atomic E-state index is 11.9. The van der Waals surface area contributed by atoms with Crippen LogP contribution in [0.3, 0.4) is 0 Å². The molecule has 1 aliphatic rings. The van der Waals surface area contributed by atoms with Gasteiger partial charge in [0, 0.05) is 10.8 Å². The Morgan fingerprint density at radius 3 is 2.76 bits per heavy atom. The number of carbonyl (C=O) groups is 1. The predicted octanol–water partition coefficient (Wildman–Crippen LogP) is 4.32. The molecule has 1 aliphatic carbocycles. The van der Waals surface area contributed by atoms with E-state index < -0.39 is 0 Å². The minimum atomic E-state index is 0.319. The fourth-order valence-electron chi connectivity index (χ4n) is 1.97. The third-order valence-electron chi connectivity index (χ3n) is 3.10. The number of Topliss-reactive ketones (excluding diaryl/α,β-unsaturated/α-hetero) is 1. The lowest BCUT2D eigenvalue weighted by Crippen LogP contribution is -1.96. The Morgan fingerprint density at radius 1 is 1.24 bits per heavy atom. The highest BCUT2D eigenvalue weighted by molar-refractivity contribution is 7.17. The Bertz CT molecular complexity index is 564. The largest absolute Gasteiger partial charge is 0.293 e. The molecule has 17 heavy (non-hydrogen) atoms. The van der Waals surface area contributed by atoms with Crippen LogP contribution in [0.15, 0.2) is 36.4 Å². The fourth-order valence-corrected chi connectivity index (χ4v) is 2.99. The van der Waals surface area contributed by atoms with Crippen molar-refractivity contribution in [3.05, 3.63) is 46.8 Å². The summed E-state index contributed by atoms with van der Waals surface area (Å²) in [5.41, 5.74) is 2.47. The second-order valence-electron chi connectivity index (χ2n) is 4.67. The zero-order valence-corrected chi connectivity index (χ0v) is 10.6. The number of thiophene rings is 1. The first-order chi connectivity index (χ1) is 8.24. The Hall–Kier alpha value is -1.41. The molecule has 0 atom stereocenters. The predicted molar refractivity (Wildman–Crippen MR) is 71.5 cm³/mol. The number of hydrogen-bond acceptors (Lipinski definition) is 2. The minimum Gasteiger partial charge on any atom is -0.293 e. The number of benzene rings is 1. The van der Waals surface area contributed by atoms with E-state index in [-0.39, 0.29) is 0 Å². The molecule has 0 aliphatic heterocycles. The molecule has 1 fully saturated rings. The maximum Gasteiger partial charge on any atom is 0.175 e. The molecule has 1 aromatic carbocycles. The lowest BCUT2D eigenvalue weighted by Gasteiger charge is -1.98. The Balaban J connectivity index is 1.91. The van der Waals surface area contributed by atoms with Gasteiger partial charge in [-0.1, -0.05) is 29.8 Å². The van der Waals surface area contributed by atoms with Gasteiger partial charge < -0.3 is 0 Å². The van der Waals surface area contributed by atoms with Gasteiger partial charge in [-0.05, 0) is 37.5 Å². The number of carbonyl (C=O) groups excluding carboxylic acids is 1. The molecular weight excluding hydrogens is 228 g/mol. The third kappa shape index (κ3) is 2.18. The molecule has 0 amide bonds. The summed E-state index contributed by atoms with van der Waals surface area (Å²) in [5.74, 6) is 0.660. The zero-order chi connectivity index (χ0) is 11.8. The molecule has 0 spiro atoms. The molecule has 0 bridgehead atoms. The molecular formula is C15H14OS. The highest BCUT2D eigenvalue weighted by Crippen LogP contribution is 2.36. The molecule has 0 N–H and O–H groups in total. The fraction of sp³-hybridized carbons (Fsp3) is 0.267. The van der Waals surface area contributed by atoms with Gasteiger partial charge in [0.05, 0.1) is 4.88 Å². The summed E-state index contributed by atoms with van der Waals surface area (Å²) >= 11 is 1.62. The van der Waals surface area contributed by atoms with Gasteiger partial charge in [0.15, 0.2) is 5.78 Å². The van der Waals surface area contributed by atoms with Crippen molar-refractivity contribution in [1.29, 1.82) is 0 Å². The lowest BCUT2D eigenvalue weighted by atomic mass is 10.1. The van der Waals surface area contributed by atoms with Gasteiger partial charge in [0.1, 0.15) is 0 Å². The summed E-state index contributed by atoms with van der Waals surface area (Å²) in [6.45, 7) is 2.09. The van der Waals surface area contributed by atoms with E-state index in [4.69, 9.17) is 0 Å². The number of hydrogen-bond donors (Lipinski definition) is 0. The molecule has 1 heterocycles. The summed E-state index contributed by atoms with van der Waals surface area (Å²) in [4.78, 5) is 14.0. The third-order valence-corrected chi connectivity index (χ3v) is 4.25. The second-order valence-corrected chi connectivity index (χ2v) is 5.76. The standard InChI is InChI=1S/C15H14OS/c1-10-3-2-4-12(9-10)13-7-8-14(17-13)15(16)11-5-6-11/h2-4,7-9,11H,5-6H2,1H3. The topological polar surface area (TPSA) is 17.1 Å². The molecule has 2 heteroatoms.